The fraction of sp³-hybridized carbons (Fsp3) is 0.167. The van der Waals surface area contributed by atoms with Crippen molar-refractivity contribution < 1.29 is 9.90 Å². The van der Waals surface area contributed by atoms with Gasteiger partial charge in [0.2, 0.25) is 0 Å². The number of halogens is 1. The molecule has 82 valence electrons. The van der Waals surface area contributed by atoms with Crippen molar-refractivity contribution in [3.05, 3.63) is 40.0 Å². The molecule has 0 amide bonds. The zero-order chi connectivity index (χ0) is 11.9. The molecular formula is C12H10ClNO2. The van der Waals surface area contributed by atoms with E-state index in [-0.39, 0.29) is 10.7 Å². The number of fused-ring (bicyclic) bond motifs is 1. The summed E-state index contributed by atoms with van der Waals surface area (Å²) in [6, 6.07) is 5.38. The maximum absolute atomic E-state index is 10.9. The molecule has 4 heteroatoms. The largest absolute Gasteiger partial charge is 0.478 e. The van der Waals surface area contributed by atoms with E-state index in [1.165, 1.54) is 0 Å². The number of hydrogen-bond donors (Lipinski definition) is 1. The number of benzene rings is 1. The van der Waals surface area contributed by atoms with Gasteiger partial charge >= 0.3 is 5.97 Å². The molecule has 0 radical (unpaired) electrons. The lowest BCUT2D eigenvalue weighted by Crippen LogP contribution is -1.99. The van der Waals surface area contributed by atoms with Crippen molar-refractivity contribution in [3.63, 3.8) is 0 Å². The Morgan fingerprint density at radius 3 is 2.50 bits per heavy atom. The predicted octanol–water partition coefficient (Wildman–Crippen LogP) is 3.20. The molecule has 0 bridgehead atoms. The van der Waals surface area contributed by atoms with Gasteiger partial charge in [0.25, 0.3) is 0 Å². The average Bonchev–Trinajstić information content (AvgIpc) is 2.19. The molecule has 0 atom stereocenters. The number of pyridine rings is 1. The first kappa shape index (κ1) is 10.9. The molecule has 0 unspecified atom stereocenters. The van der Waals surface area contributed by atoms with E-state index >= 15 is 0 Å². The van der Waals surface area contributed by atoms with Crippen molar-refractivity contribution in [1.82, 2.24) is 4.98 Å². The van der Waals surface area contributed by atoms with Crippen LogP contribution in [0, 0.1) is 13.8 Å². The van der Waals surface area contributed by atoms with Crippen molar-refractivity contribution in [2.24, 2.45) is 0 Å². The highest BCUT2D eigenvalue weighted by atomic mass is 35.5. The number of carbonyl (C=O) groups is 1. The van der Waals surface area contributed by atoms with Gasteiger partial charge in [-0.2, -0.15) is 0 Å². The average molecular weight is 236 g/mol. The van der Waals surface area contributed by atoms with Crippen LogP contribution in [0.3, 0.4) is 0 Å². The van der Waals surface area contributed by atoms with Crippen LogP contribution in [0.4, 0.5) is 0 Å². The molecule has 16 heavy (non-hydrogen) atoms. The Balaban J connectivity index is 2.79. The van der Waals surface area contributed by atoms with Gasteiger partial charge in [-0.3, -0.25) is 0 Å². The van der Waals surface area contributed by atoms with Gasteiger partial charge in [-0.05, 0) is 43.2 Å². The van der Waals surface area contributed by atoms with Crippen molar-refractivity contribution in [3.8, 4) is 0 Å². The van der Waals surface area contributed by atoms with Gasteiger partial charge in [-0.15, -0.1) is 0 Å². The monoisotopic (exact) mass is 235 g/mol. The van der Waals surface area contributed by atoms with Gasteiger partial charge in [0.1, 0.15) is 5.15 Å². The van der Waals surface area contributed by atoms with Crippen molar-refractivity contribution >= 4 is 28.5 Å². The van der Waals surface area contributed by atoms with Gasteiger partial charge in [-0.25, -0.2) is 9.78 Å². The van der Waals surface area contributed by atoms with E-state index in [9.17, 15) is 4.79 Å². The zero-order valence-corrected chi connectivity index (χ0v) is 9.67. The van der Waals surface area contributed by atoms with E-state index in [0.717, 1.165) is 22.0 Å². The molecule has 1 heterocycles. The molecule has 0 fully saturated rings. The number of hydrogen-bond acceptors (Lipinski definition) is 2. The van der Waals surface area contributed by atoms with E-state index in [1.54, 1.807) is 6.07 Å². The summed E-state index contributed by atoms with van der Waals surface area (Å²) in [5.74, 6) is -1.06. The molecule has 2 aromatic rings. The van der Waals surface area contributed by atoms with Crippen LogP contribution in [0.5, 0.6) is 0 Å². The molecule has 1 N–H and O–H groups in total. The van der Waals surface area contributed by atoms with Crippen LogP contribution in [0.15, 0.2) is 18.2 Å². The van der Waals surface area contributed by atoms with Crippen molar-refractivity contribution in [2.75, 3.05) is 0 Å². The summed E-state index contributed by atoms with van der Waals surface area (Å²) in [5.41, 5.74) is 2.97. The molecule has 3 nitrogen and oxygen atoms in total. The lowest BCUT2D eigenvalue weighted by atomic mass is 10.1. The van der Waals surface area contributed by atoms with Crippen LogP contribution in [0.2, 0.25) is 5.15 Å². The van der Waals surface area contributed by atoms with E-state index in [0.29, 0.717) is 0 Å². The van der Waals surface area contributed by atoms with Gasteiger partial charge < -0.3 is 5.11 Å². The Bertz CT molecular complexity index is 593. The van der Waals surface area contributed by atoms with E-state index < -0.39 is 5.97 Å². The number of nitrogens with zero attached hydrogens (tertiary/aromatic N) is 1. The Labute approximate surface area is 97.7 Å². The molecule has 0 aliphatic heterocycles. The highest BCUT2D eigenvalue weighted by molar-refractivity contribution is 6.32. The maximum Gasteiger partial charge on any atom is 0.338 e. The second-order valence-electron chi connectivity index (χ2n) is 3.76. The normalized spacial score (nSPS) is 10.7. The van der Waals surface area contributed by atoms with E-state index in [1.807, 2.05) is 26.0 Å². The molecule has 1 aromatic heterocycles. The molecule has 0 aliphatic rings. The Morgan fingerprint density at radius 1 is 1.25 bits per heavy atom. The Morgan fingerprint density at radius 2 is 1.88 bits per heavy atom. The van der Waals surface area contributed by atoms with Gasteiger partial charge in [0.05, 0.1) is 11.1 Å². The summed E-state index contributed by atoms with van der Waals surface area (Å²) < 4.78 is 0. The summed E-state index contributed by atoms with van der Waals surface area (Å²) in [4.78, 5) is 15.0. The second kappa shape index (κ2) is 3.76. The first-order chi connectivity index (χ1) is 7.49. The number of aryl methyl sites for hydroxylation is 2. The number of rotatable bonds is 1. The topological polar surface area (TPSA) is 50.2 Å². The highest BCUT2D eigenvalue weighted by Crippen LogP contribution is 2.23. The van der Waals surface area contributed by atoms with Crippen LogP contribution in [0.25, 0.3) is 10.9 Å². The molecule has 0 aliphatic carbocycles. The molecule has 1 aromatic carbocycles. The van der Waals surface area contributed by atoms with E-state index in [2.05, 4.69) is 4.98 Å². The number of carboxylic acid groups (broad SMARTS) is 1. The minimum atomic E-state index is -1.06. The second-order valence-corrected chi connectivity index (χ2v) is 4.12. The predicted molar refractivity (Wildman–Crippen MR) is 63.2 cm³/mol. The maximum atomic E-state index is 10.9. The van der Waals surface area contributed by atoms with Crippen LogP contribution >= 0.6 is 11.6 Å². The van der Waals surface area contributed by atoms with Crippen LogP contribution in [0.1, 0.15) is 21.5 Å². The minimum absolute atomic E-state index is 0.0308. The fourth-order valence-electron chi connectivity index (χ4n) is 1.57. The molecular weight excluding hydrogens is 226 g/mol. The third-order valence-corrected chi connectivity index (χ3v) is 2.90. The number of aromatic carboxylic acids is 1. The number of carboxylic acids is 1. The molecule has 0 saturated heterocycles. The Hall–Kier alpha value is -1.61. The molecule has 2 rings (SSSR count). The Kier molecular flexibility index (Phi) is 2.56. The summed E-state index contributed by atoms with van der Waals surface area (Å²) >= 11 is 5.80. The summed E-state index contributed by atoms with van der Waals surface area (Å²) in [6.07, 6.45) is 0. The van der Waals surface area contributed by atoms with Gasteiger partial charge in [0.15, 0.2) is 0 Å². The highest BCUT2D eigenvalue weighted by Gasteiger charge is 2.11. The van der Waals surface area contributed by atoms with E-state index in [4.69, 9.17) is 16.7 Å². The van der Waals surface area contributed by atoms with Crippen LogP contribution in [-0.2, 0) is 0 Å². The molecule has 0 spiro atoms. The summed E-state index contributed by atoms with van der Waals surface area (Å²) in [6.45, 7) is 3.96. The lowest BCUT2D eigenvalue weighted by Gasteiger charge is -2.05. The van der Waals surface area contributed by atoms with Crippen molar-refractivity contribution in [2.45, 2.75) is 13.8 Å². The van der Waals surface area contributed by atoms with Crippen molar-refractivity contribution in [1.29, 1.82) is 0 Å². The SMILES string of the molecule is Cc1cc2cc(C(=O)O)c(Cl)nc2cc1C. The first-order valence-corrected chi connectivity index (χ1v) is 5.17. The third kappa shape index (κ3) is 1.74. The smallest absolute Gasteiger partial charge is 0.338 e. The van der Waals surface area contributed by atoms with Crippen LogP contribution < -0.4 is 0 Å². The summed E-state index contributed by atoms with van der Waals surface area (Å²) in [7, 11) is 0. The van der Waals surface area contributed by atoms with Gasteiger partial charge in [-0.1, -0.05) is 11.6 Å². The quantitative estimate of drug-likeness (QED) is 0.773. The molecule has 0 saturated carbocycles. The van der Waals surface area contributed by atoms with Crippen LogP contribution in [-0.4, -0.2) is 16.1 Å². The number of aromatic nitrogens is 1. The van der Waals surface area contributed by atoms with Gasteiger partial charge in [0, 0.05) is 5.39 Å². The summed E-state index contributed by atoms with van der Waals surface area (Å²) in [5, 5.41) is 9.75. The first-order valence-electron chi connectivity index (χ1n) is 4.80. The zero-order valence-electron chi connectivity index (χ0n) is 8.91. The standard InChI is InChI=1S/C12H10ClNO2/c1-6-3-8-5-9(12(15)16)11(13)14-10(8)4-7(6)2/h3-5H,1-2H3,(H,15,16). The minimum Gasteiger partial charge on any atom is -0.478 e. The lowest BCUT2D eigenvalue weighted by molar-refractivity contribution is 0.0697. The fourth-order valence-corrected chi connectivity index (χ4v) is 1.79. The third-order valence-electron chi connectivity index (χ3n) is 2.61.